The molecule has 2 heterocycles. The van der Waals surface area contributed by atoms with Crippen LogP contribution in [0.5, 0.6) is 0 Å². The summed E-state index contributed by atoms with van der Waals surface area (Å²) in [6, 6.07) is -0.813. The Morgan fingerprint density at radius 3 is 2.65 bits per heavy atom. The summed E-state index contributed by atoms with van der Waals surface area (Å²) in [5.74, 6) is -0.572. The number of carbonyl (C=O) groups is 1. The molecule has 7 nitrogen and oxygen atoms in total. The van der Waals surface area contributed by atoms with Crippen LogP contribution in [0.25, 0.3) is 0 Å². The van der Waals surface area contributed by atoms with E-state index < -0.39 is 42.5 Å². The van der Waals surface area contributed by atoms with Gasteiger partial charge in [-0.1, -0.05) is 0 Å². The van der Waals surface area contributed by atoms with Crippen LogP contribution in [0.15, 0.2) is 0 Å². The molecule has 0 spiro atoms. The standard InChI is InChI=1S/C10H17NO6/c1-5(12)17-4-10(16)7(14)3-11-2-6(13)8(15)9(10)11/h6-9,13-16H,2-4H2,1H3. The van der Waals surface area contributed by atoms with Crippen LogP contribution < -0.4 is 0 Å². The Morgan fingerprint density at radius 2 is 2.06 bits per heavy atom. The zero-order chi connectivity index (χ0) is 12.8. The number of esters is 1. The maximum Gasteiger partial charge on any atom is 0.302 e. The summed E-state index contributed by atoms with van der Waals surface area (Å²) in [7, 11) is 0. The van der Waals surface area contributed by atoms with E-state index in [-0.39, 0.29) is 13.1 Å². The third-order valence-corrected chi connectivity index (χ3v) is 3.54. The molecule has 2 aliphatic heterocycles. The highest BCUT2D eigenvalue weighted by Crippen LogP contribution is 2.36. The summed E-state index contributed by atoms with van der Waals surface area (Å²) in [4.78, 5) is 12.3. The summed E-state index contributed by atoms with van der Waals surface area (Å²) < 4.78 is 4.72. The predicted octanol–water partition coefficient (Wildman–Crippen LogP) is -2.94. The second-order valence-corrected chi connectivity index (χ2v) is 4.74. The minimum Gasteiger partial charge on any atom is -0.463 e. The molecule has 4 N–H and O–H groups in total. The molecule has 0 aliphatic carbocycles. The van der Waals surface area contributed by atoms with Gasteiger partial charge in [-0.05, 0) is 0 Å². The van der Waals surface area contributed by atoms with Crippen LogP contribution >= 0.6 is 0 Å². The van der Waals surface area contributed by atoms with Crippen molar-refractivity contribution in [3.05, 3.63) is 0 Å². The van der Waals surface area contributed by atoms with Gasteiger partial charge in [0, 0.05) is 20.0 Å². The van der Waals surface area contributed by atoms with Crippen LogP contribution in [0.3, 0.4) is 0 Å². The van der Waals surface area contributed by atoms with Crippen molar-refractivity contribution in [3.8, 4) is 0 Å². The average molecular weight is 247 g/mol. The molecular weight excluding hydrogens is 230 g/mol. The van der Waals surface area contributed by atoms with Crippen LogP contribution in [0.2, 0.25) is 0 Å². The highest BCUT2D eigenvalue weighted by atomic mass is 16.5. The molecule has 98 valence electrons. The third-order valence-electron chi connectivity index (χ3n) is 3.54. The van der Waals surface area contributed by atoms with Crippen molar-refractivity contribution in [1.82, 2.24) is 4.90 Å². The molecule has 0 aromatic carbocycles. The highest BCUT2D eigenvalue weighted by molar-refractivity contribution is 5.66. The first kappa shape index (κ1) is 12.7. The summed E-state index contributed by atoms with van der Waals surface area (Å²) in [6.45, 7) is 1.12. The van der Waals surface area contributed by atoms with Gasteiger partial charge in [0.15, 0.2) is 0 Å². The lowest BCUT2D eigenvalue weighted by Gasteiger charge is -2.33. The molecule has 7 heteroatoms. The first-order valence-electron chi connectivity index (χ1n) is 5.50. The molecular formula is C10H17NO6. The molecule has 0 aromatic heterocycles. The van der Waals surface area contributed by atoms with E-state index in [9.17, 15) is 25.2 Å². The average Bonchev–Trinajstić information content (AvgIpc) is 2.63. The molecule has 2 saturated heterocycles. The molecule has 2 aliphatic rings. The van der Waals surface area contributed by atoms with E-state index in [1.165, 1.54) is 6.92 Å². The fourth-order valence-corrected chi connectivity index (χ4v) is 2.66. The van der Waals surface area contributed by atoms with E-state index in [4.69, 9.17) is 4.74 Å². The molecule has 0 radical (unpaired) electrons. The Labute approximate surface area is 98.2 Å². The van der Waals surface area contributed by atoms with Crippen LogP contribution in [0.1, 0.15) is 6.92 Å². The lowest BCUT2D eigenvalue weighted by atomic mass is 9.89. The smallest absolute Gasteiger partial charge is 0.302 e. The van der Waals surface area contributed by atoms with Gasteiger partial charge in [-0.3, -0.25) is 9.69 Å². The van der Waals surface area contributed by atoms with Gasteiger partial charge in [0.1, 0.15) is 18.3 Å². The molecule has 0 bridgehead atoms. The zero-order valence-electron chi connectivity index (χ0n) is 9.48. The second-order valence-electron chi connectivity index (χ2n) is 4.74. The van der Waals surface area contributed by atoms with Gasteiger partial charge >= 0.3 is 5.97 Å². The third kappa shape index (κ3) is 1.94. The van der Waals surface area contributed by atoms with Crippen molar-refractivity contribution < 1.29 is 30.0 Å². The Bertz CT molecular complexity index is 324. The number of carbonyl (C=O) groups excluding carboxylic acids is 1. The molecule has 5 unspecified atom stereocenters. The van der Waals surface area contributed by atoms with Crippen LogP contribution in [0, 0.1) is 0 Å². The number of aliphatic hydroxyl groups excluding tert-OH is 3. The van der Waals surface area contributed by atoms with Crippen molar-refractivity contribution in [2.24, 2.45) is 0 Å². The van der Waals surface area contributed by atoms with Crippen LogP contribution in [0.4, 0.5) is 0 Å². The quantitative estimate of drug-likeness (QED) is 0.386. The highest BCUT2D eigenvalue weighted by Gasteiger charge is 2.61. The lowest BCUT2D eigenvalue weighted by molar-refractivity contribution is -0.162. The fourth-order valence-electron chi connectivity index (χ4n) is 2.66. The SMILES string of the molecule is CC(=O)OCC1(O)C(O)CN2CC(O)C(O)C21. The first-order chi connectivity index (χ1) is 7.86. The summed E-state index contributed by atoms with van der Waals surface area (Å²) in [5.41, 5.74) is -1.73. The molecule has 0 aromatic rings. The summed E-state index contributed by atoms with van der Waals surface area (Å²) >= 11 is 0. The van der Waals surface area contributed by atoms with Gasteiger partial charge in [-0.2, -0.15) is 0 Å². The molecule has 2 rings (SSSR count). The number of fused-ring (bicyclic) bond motifs is 1. The maximum atomic E-state index is 10.7. The van der Waals surface area contributed by atoms with Crippen molar-refractivity contribution in [2.45, 2.75) is 36.9 Å². The molecule has 5 atom stereocenters. The van der Waals surface area contributed by atoms with Gasteiger partial charge in [0.05, 0.1) is 18.2 Å². The maximum absolute atomic E-state index is 10.7. The molecule has 0 amide bonds. The van der Waals surface area contributed by atoms with E-state index >= 15 is 0 Å². The fraction of sp³-hybridized carbons (Fsp3) is 0.900. The number of rotatable bonds is 2. The van der Waals surface area contributed by atoms with E-state index in [1.807, 2.05) is 0 Å². The topological polar surface area (TPSA) is 110 Å². The Morgan fingerprint density at radius 1 is 1.41 bits per heavy atom. The van der Waals surface area contributed by atoms with Gasteiger partial charge < -0.3 is 25.2 Å². The number of nitrogens with zero attached hydrogens (tertiary/aromatic N) is 1. The lowest BCUT2D eigenvalue weighted by Crippen LogP contribution is -2.56. The van der Waals surface area contributed by atoms with Crippen molar-refractivity contribution in [2.75, 3.05) is 19.7 Å². The van der Waals surface area contributed by atoms with Crippen molar-refractivity contribution in [3.63, 3.8) is 0 Å². The van der Waals surface area contributed by atoms with E-state index in [2.05, 4.69) is 0 Å². The van der Waals surface area contributed by atoms with Crippen LogP contribution in [-0.2, 0) is 9.53 Å². The van der Waals surface area contributed by atoms with Gasteiger partial charge in [-0.25, -0.2) is 0 Å². The van der Waals surface area contributed by atoms with E-state index in [0.717, 1.165) is 0 Å². The number of hydrogen-bond acceptors (Lipinski definition) is 7. The zero-order valence-corrected chi connectivity index (χ0v) is 9.48. The normalized spacial score (nSPS) is 45.9. The largest absolute Gasteiger partial charge is 0.463 e. The number of hydrogen-bond donors (Lipinski definition) is 4. The minimum atomic E-state index is -1.73. The molecule has 2 fully saturated rings. The number of aliphatic hydroxyl groups is 4. The van der Waals surface area contributed by atoms with Crippen molar-refractivity contribution in [1.29, 1.82) is 0 Å². The molecule has 17 heavy (non-hydrogen) atoms. The van der Waals surface area contributed by atoms with Crippen LogP contribution in [-0.4, -0.2) is 80.9 Å². The monoisotopic (exact) mass is 247 g/mol. The van der Waals surface area contributed by atoms with Gasteiger partial charge in [0.25, 0.3) is 0 Å². The summed E-state index contributed by atoms with van der Waals surface area (Å²) in [5, 5.41) is 39.4. The predicted molar refractivity (Wildman–Crippen MR) is 55.0 cm³/mol. The Hall–Kier alpha value is -0.730. The van der Waals surface area contributed by atoms with Gasteiger partial charge in [0.2, 0.25) is 0 Å². The van der Waals surface area contributed by atoms with Crippen molar-refractivity contribution >= 4 is 5.97 Å². The minimum absolute atomic E-state index is 0.135. The first-order valence-corrected chi connectivity index (χ1v) is 5.50. The Kier molecular flexibility index (Phi) is 3.13. The molecule has 0 saturated carbocycles. The number of ether oxygens (including phenoxy) is 1. The van der Waals surface area contributed by atoms with Gasteiger partial charge in [-0.15, -0.1) is 0 Å². The van der Waals surface area contributed by atoms with E-state index in [0.29, 0.717) is 0 Å². The Balaban J connectivity index is 2.16. The van der Waals surface area contributed by atoms with E-state index in [1.54, 1.807) is 4.90 Å². The second kappa shape index (κ2) is 4.18. The summed E-state index contributed by atoms with van der Waals surface area (Å²) in [6.07, 6.45) is -3.24.